The quantitative estimate of drug-likeness (QED) is 0.607. The summed E-state index contributed by atoms with van der Waals surface area (Å²) in [6.45, 7) is 4.80. The predicted molar refractivity (Wildman–Crippen MR) is 53.6 cm³/mol. The summed E-state index contributed by atoms with van der Waals surface area (Å²) in [7, 11) is 5.45. The van der Waals surface area contributed by atoms with Gasteiger partial charge in [0.15, 0.2) is 0 Å². The summed E-state index contributed by atoms with van der Waals surface area (Å²) in [6.07, 6.45) is 0. The number of hydrogen-bond acceptors (Lipinski definition) is 2. The number of nitrogens with one attached hydrogen (secondary N) is 1. The Bertz CT molecular complexity index is 87.8. The van der Waals surface area contributed by atoms with Crippen molar-refractivity contribution in [2.75, 3.05) is 21.1 Å². The van der Waals surface area contributed by atoms with Gasteiger partial charge in [0.1, 0.15) is 17.9 Å². The van der Waals surface area contributed by atoms with Crippen LogP contribution >= 0.6 is 0 Å². The molecule has 0 amide bonds. The van der Waals surface area contributed by atoms with E-state index in [1.807, 2.05) is 0 Å². The van der Waals surface area contributed by atoms with Crippen LogP contribution < -0.4 is 4.98 Å². The van der Waals surface area contributed by atoms with Crippen molar-refractivity contribution in [3.63, 3.8) is 0 Å². The third-order valence-corrected chi connectivity index (χ3v) is 10.4. The molecule has 0 saturated carbocycles. The van der Waals surface area contributed by atoms with Gasteiger partial charge >= 0.3 is 0 Å². The zero-order chi connectivity index (χ0) is 8.15. The van der Waals surface area contributed by atoms with Gasteiger partial charge in [0, 0.05) is 0 Å². The maximum Gasteiger partial charge on any atom is 0.106 e. The molecule has 0 spiro atoms. The monoisotopic (exact) mass is 176 g/mol. The first kappa shape index (κ1) is 10.4. The van der Waals surface area contributed by atoms with Crippen LogP contribution in [-0.4, -0.2) is 43.6 Å². The molecule has 2 atom stereocenters. The molecule has 2 nitrogen and oxygen atoms in total. The van der Waals surface area contributed by atoms with Gasteiger partial charge < -0.3 is 9.55 Å². The minimum Gasteiger partial charge on any atom is -0.343 e. The van der Waals surface area contributed by atoms with Gasteiger partial charge in [-0.2, -0.15) is 0 Å². The summed E-state index contributed by atoms with van der Waals surface area (Å²) in [5.41, 5.74) is 1.49. The van der Waals surface area contributed by atoms with E-state index in [2.05, 4.69) is 43.8 Å². The lowest BCUT2D eigenvalue weighted by Gasteiger charge is -2.20. The highest BCUT2D eigenvalue weighted by Gasteiger charge is 2.10. The Balaban J connectivity index is 3.46. The fourth-order valence-electron chi connectivity index (χ4n) is 0.840. The van der Waals surface area contributed by atoms with Gasteiger partial charge in [0.2, 0.25) is 0 Å². The molecule has 4 heteroatoms. The van der Waals surface area contributed by atoms with Crippen molar-refractivity contribution in [1.82, 2.24) is 9.55 Å². The van der Waals surface area contributed by atoms with Gasteiger partial charge in [-0.15, -0.1) is 0 Å². The Morgan fingerprint density at radius 3 is 2.10 bits per heavy atom. The molecule has 0 heterocycles. The lowest BCUT2D eigenvalue weighted by Crippen LogP contribution is -2.38. The topological polar surface area (TPSA) is 15.3 Å². The Labute approximate surface area is 68.0 Å². The van der Waals surface area contributed by atoms with Crippen molar-refractivity contribution in [2.45, 2.75) is 18.8 Å². The van der Waals surface area contributed by atoms with Crippen molar-refractivity contribution in [2.24, 2.45) is 0 Å². The van der Waals surface area contributed by atoms with E-state index in [0.29, 0.717) is 0 Å². The molecule has 0 aromatic heterocycles. The average molecular weight is 176 g/mol. The van der Waals surface area contributed by atoms with E-state index >= 15 is 0 Å². The molecule has 10 heavy (non-hydrogen) atoms. The summed E-state index contributed by atoms with van der Waals surface area (Å²) >= 11 is 0. The van der Waals surface area contributed by atoms with Gasteiger partial charge in [-0.1, -0.05) is 13.1 Å². The molecule has 2 unspecified atom stereocenters. The molecule has 0 aliphatic carbocycles. The van der Waals surface area contributed by atoms with E-state index in [-0.39, 0.29) is 0 Å². The first-order chi connectivity index (χ1) is 4.57. The second-order valence-electron chi connectivity index (χ2n) is 3.24. The standard InChI is InChI=1S/C6H20N2Si2/c1-7-9(4)6-10(5)8(2)3/h7,9-10H,6H2,1-5H3. The molecule has 0 fully saturated rings. The molecular formula is C6H20N2Si2. The zero-order valence-corrected chi connectivity index (χ0v) is 10.1. The highest BCUT2D eigenvalue weighted by Crippen LogP contribution is 1.96. The maximum absolute atomic E-state index is 3.40. The van der Waals surface area contributed by atoms with Crippen LogP contribution in [0.25, 0.3) is 0 Å². The van der Waals surface area contributed by atoms with Crippen LogP contribution in [0.1, 0.15) is 0 Å². The minimum atomic E-state index is -0.525. The summed E-state index contributed by atoms with van der Waals surface area (Å²) in [5.74, 6) is 0. The van der Waals surface area contributed by atoms with E-state index in [1.54, 1.807) is 0 Å². The lowest BCUT2D eigenvalue weighted by molar-refractivity contribution is 0.645. The third-order valence-electron chi connectivity index (χ3n) is 2.07. The van der Waals surface area contributed by atoms with Crippen molar-refractivity contribution in [3.05, 3.63) is 0 Å². The Hall–Kier alpha value is 0.354. The third kappa shape index (κ3) is 4.21. The van der Waals surface area contributed by atoms with E-state index in [4.69, 9.17) is 0 Å². The van der Waals surface area contributed by atoms with Crippen molar-refractivity contribution < 1.29 is 0 Å². The summed E-state index contributed by atoms with van der Waals surface area (Å²) in [6, 6.07) is 0. The van der Waals surface area contributed by atoms with Crippen LogP contribution in [0.4, 0.5) is 0 Å². The zero-order valence-electron chi connectivity index (χ0n) is 7.81. The highest BCUT2D eigenvalue weighted by molar-refractivity contribution is 6.73. The molecule has 0 bridgehead atoms. The van der Waals surface area contributed by atoms with E-state index in [0.717, 1.165) is 0 Å². The van der Waals surface area contributed by atoms with Crippen molar-refractivity contribution in [1.29, 1.82) is 0 Å². The fourth-order valence-corrected chi connectivity index (χ4v) is 7.56. The van der Waals surface area contributed by atoms with E-state index in [1.165, 1.54) is 5.67 Å². The number of rotatable bonds is 4. The van der Waals surface area contributed by atoms with Gasteiger partial charge in [0.05, 0.1) is 0 Å². The predicted octanol–water partition coefficient (Wildman–Crippen LogP) is 0.0138. The molecule has 62 valence electrons. The number of nitrogens with zero attached hydrogens (tertiary/aromatic N) is 1. The van der Waals surface area contributed by atoms with Crippen LogP contribution in [0.15, 0.2) is 0 Å². The second-order valence-corrected chi connectivity index (χ2v) is 10.2. The van der Waals surface area contributed by atoms with Crippen LogP contribution in [0.2, 0.25) is 18.8 Å². The first-order valence-electron chi connectivity index (χ1n) is 3.91. The largest absolute Gasteiger partial charge is 0.343 e. The van der Waals surface area contributed by atoms with Crippen molar-refractivity contribution >= 4 is 17.9 Å². The van der Waals surface area contributed by atoms with Gasteiger partial charge in [-0.05, 0) is 26.8 Å². The fraction of sp³-hybridized carbons (Fsp3) is 1.00. The summed E-state index contributed by atoms with van der Waals surface area (Å²) in [5, 5.41) is 0. The van der Waals surface area contributed by atoms with E-state index in [9.17, 15) is 0 Å². The highest BCUT2D eigenvalue weighted by atomic mass is 28.3. The Kier molecular flexibility index (Phi) is 5.24. The minimum absolute atomic E-state index is 0.518. The van der Waals surface area contributed by atoms with Crippen LogP contribution in [0.5, 0.6) is 0 Å². The van der Waals surface area contributed by atoms with Crippen LogP contribution in [-0.2, 0) is 0 Å². The molecule has 0 radical (unpaired) electrons. The van der Waals surface area contributed by atoms with Crippen LogP contribution in [0, 0.1) is 0 Å². The molecule has 0 rings (SSSR count). The van der Waals surface area contributed by atoms with Gasteiger partial charge in [-0.3, -0.25) is 0 Å². The van der Waals surface area contributed by atoms with Crippen LogP contribution in [0.3, 0.4) is 0 Å². The summed E-state index contributed by atoms with van der Waals surface area (Å²) < 4.78 is 2.42. The lowest BCUT2D eigenvalue weighted by atomic mass is 11.3. The van der Waals surface area contributed by atoms with E-state index < -0.39 is 17.9 Å². The SMILES string of the molecule is CN[SiH](C)C[SiH](C)N(C)C. The molecule has 0 aliphatic heterocycles. The maximum atomic E-state index is 3.40. The Morgan fingerprint density at radius 1 is 1.30 bits per heavy atom. The molecule has 0 aliphatic rings. The normalized spacial score (nSPS) is 17.4. The molecular weight excluding hydrogens is 156 g/mol. The Morgan fingerprint density at radius 2 is 1.80 bits per heavy atom. The first-order valence-corrected chi connectivity index (χ1v) is 8.95. The van der Waals surface area contributed by atoms with Gasteiger partial charge in [0.25, 0.3) is 0 Å². The van der Waals surface area contributed by atoms with Gasteiger partial charge in [-0.25, -0.2) is 0 Å². The second kappa shape index (κ2) is 5.06. The molecule has 0 aromatic rings. The molecule has 0 saturated heterocycles. The molecule has 1 N–H and O–H groups in total. The molecule has 0 aromatic carbocycles. The number of hydrogen-bond donors (Lipinski definition) is 1. The van der Waals surface area contributed by atoms with Crippen molar-refractivity contribution in [3.8, 4) is 0 Å². The summed E-state index contributed by atoms with van der Waals surface area (Å²) in [4.78, 5) is 3.40. The average Bonchev–Trinajstić information content (AvgIpc) is 1.87. The smallest absolute Gasteiger partial charge is 0.106 e.